The fraction of sp³-hybridized carbons (Fsp3) is 0.600. The normalized spacial score (nSPS) is 28.2. The van der Waals surface area contributed by atoms with Crippen molar-refractivity contribution >= 4 is 9.84 Å². The Morgan fingerprint density at radius 3 is 2.55 bits per heavy atom. The Hall–Kier alpha value is -0.910. The Kier molecular flexibility index (Phi) is 3.73. The highest BCUT2D eigenvalue weighted by Gasteiger charge is 2.54. The van der Waals surface area contributed by atoms with E-state index in [1.165, 1.54) is 0 Å². The lowest BCUT2D eigenvalue weighted by atomic mass is 9.68. The monoisotopic (exact) mass is 297 g/mol. The van der Waals surface area contributed by atoms with Crippen LogP contribution in [0.5, 0.6) is 0 Å². The van der Waals surface area contributed by atoms with Crippen LogP contribution in [0.1, 0.15) is 30.0 Å². The molecule has 0 aromatic heterocycles. The quantitative estimate of drug-likeness (QED) is 0.880. The summed E-state index contributed by atoms with van der Waals surface area (Å²) in [5.74, 6) is 0.0576. The van der Waals surface area contributed by atoms with E-state index in [4.69, 9.17) is 5.73 Å². The van der Waals surface area contributed by atoms with Crippen molar-refractivity contribution in [1.29, 1.82) is 0 Å². The lowest BCUT2D eigenvalue weighted by Crippen LogP contribution is -2.50. The molecule has 0 saturated carbocycles. The molecule has 0 bridgehead atoms. The standard InChI is InChI=1S/C15H23NO3S/c1-11-4-5-12(2)13(8-11)14(3,17)15(9-16)6-7-20(18,19)10-15/h4-5,8,17H,6-7,9-10,16H2,1-3H3. The molecule has 1 aromatic carbocycles. The predicted molar refractivity (Wildman–Crippen MR) is 80.2 cm³/mol. The largest absolute Gasteiger partial charge is 0.385 e. The molecule has 1 aliphatic rings. The molecule has 0 spiro atoms. The summed E-state index contributed by atoms with van der Waals surface area (Å²) in [5, 5.41) is 11.1. The van der Waals surface area contributed by atoms with Crippen molar-refractivity contribution in [3.63, 3.8) is 0 Å². The lowest BCUT2D eigenvalue weighted by molar-refractivity contribution is -0.0588. The minimum atomic E-state index is -3.12. The van der Waals surface area contributed by atoms with Crippen LogP contribution in [0.3, 0.4) is 0 Å². The van der Waals surface area contributed by atoms with Gasteiger partial charge in [0.25, 0.3) is 0 Å². The van der Waals surface area contributed by atoms with E-state index >= 15 is 0 Å². The number of sulfone groups is 1. The van der Waals surface area contributed by atoms with Gasteiger partial charge in [-0.3, -0.25) is 0 Å². The van der Waals surface area contributed by atoms with E-state index in [0.29, 0.717) is 6.42 Å². The van der Waals surface area contributed by atoms with Crippen LogP contribution in [0.25, 0.3) is 0 Å². The van der Waals surface area contributed by atoms with Gasteiger partial charge in [-0.25, -0.2) is 8.42 Å². The molecule has 1 aromatic rings. The van der Waals surface area contributed by atoms with Gasteiger partial charge in [0.15, 0.2) is 9.84 Å². The van der Waals surface area contributed by atoms with Crippen LogP contribution >= 0.6 is 0 Å². The first kappa shape index (κ1) is 15.5. The van der Waals surface area contributed by atoms with Gasteiger partial charge in [-0.1, -0.05) is 23.8 Å². The molecular weight excluding hydrogens is 274 g/mol. The van der Waals surface area contributed by atoms with Crippen molar-refractivity contribution in [1.82, 2.24) is 0 Å². The molecule has 2 atom stereocenters. The minimum Gasteiger partial charge on any atom is -0.385 e. The molecule has 2 rings (SSSR count). The van der Waals surface area contributed by atoms with Crippen LogP contribution in [0.4, 0.5) is 0 Å². The van der Waals surface area contributed by atoms with E-state index < -0.39 is 20.9 Å². The zero-order valence-electron chi connectivity index (χ0n) is 12.3. The SMILES string of the molecule is Cc1ccc(C)c(C(C)(O)C2(CN)CCS(=O)(=O)C2)c1. The maximum absolute atomic E-state index is 11.9. The second-order valence-corrected chi connectivity index (χ2v) is 8.40. The maximum atomic E-state index is 11.9. The van der Waals surface area contributed by atoms with E-state index in [1.807, 2.05) is 32.0 Å². The molecule has 2 unspecified atom stereocenters. The van der Waals surface area contributed by atoms with Gasteiger partial charge in [0.05, 0.1) is 17.1 Å². The molecule has 1 heterocycles. The van der Waals surface area contributed by atoms with Crippen molar-refractivity contribution in [2.45, 2.75) is 32.8 Å². The summed E-state index contributed by atoms with van der Waals surface area (Å²) >= 11 is 0. The second-order valence-electron chi connectivity index (χ2n) is 6.22. The maximum Gasteiger partial charge on any atom is 0.151 e. The number of benzene rings is 1. The van der Waals surface area contributed by atoms with Gasteiger partial charge in [0, 0.05) is 12.0 Å². The van der Waals surface area contributed by atoms with Gasteiger partial charge in [-0.2, -0.15) is 0 Å². The highest BCUT2D eigenvalue weighted by molar-refractivity contribution is 7.91. The van der Waals surface area contributed by atoms with Gasteiger partial charge in [0.2, 0.25) is 0 Å². The first-order chi connectivity index (χ1) is 9.13. The van der Waals surface area contributed by atoms with E-state index in [-0.39, 0.29) is 18.1 Å². The molecule has 112 valence electrons. The van der Waals surface area contributed by atoms with Crippen LogP contribution in [0.2, 0.25) is 0 Å². The number of hydrogen-bond acceptors (Lipinski definition) is 4. The van der Waals surface area contributed by atoms with Gasteiger partial charge in [-0.05, 0) is 38.3 Å². The number of aliphatic hydroxyl groups is 1. The van der Waals surface area contributed by atoms with Crippen LogP contribution in [0.15, 0.2) is 18.2 Å². The first-order valence-corrected chi connectivity index (χ1v) is 8.66. The van der Waals surface area contributed by atoms with Crippen molar-refractivity contribution in [2.24, 2.45) is 11.1 Å². The molecule has 3 N–H and O–H groups in total. The summed E-state index contributed by atoms with van der Waals surface area (Å²) in [6.45, 7) is 5.74. The highest BCUT2D eigenvalue weighted by Crippen LogP contribution is 2.47. The summed E-state index contributed by atoms with van der Waals surface area (Å²) < 4.78 is 23.7. The highest BCUT2D eigenvalue weighted by atomic mass is 32.2. The van der Waals surface area contributed by atoms with Gasteiger partial charge in [-0.15, -0.1) is 0 Å². The Labute approximate surface area is 120 Å². The van der Waals surface area contributed by atoms with Crippen molar-refractivity contribution in [2.75, 3.05) is 18.1 Å². The summed E-state index contributed by atoms with van der Waals surface area (Å²) in [5.41, 5.74) is 6.60. The van der Waals surface area contributed by atoms with E-state index in [1.54, 1.807) is 6.92 Å². The molecule has 0 amide bonds. The number of aryl methyl sites for hydroxylation is 2. The molecule has 5 heteroatoms. The second kappa shape index (κ2) is 4.83. The third-order valence-electron chi connectivity index (χ3n) is 4.73. The summed E-state index contributed by atoms with van der Waals surface area (Å²) in [7, 11) is -3.12. The summed E-state index contributed by atoms with van der Waals surface area (Å²) in [6.07, 6.45) is 0.409. The first-order valence-electron chi connectivity index (χ1n) is 6.84. The molecule has 1 aliphatic heterocycles. The predicted octanol–water partition coefficient (Wildman–Crippen LogP) is 1.27. The third-order valence-corrected chi connectivity index (χ3v) is 6.55. The van der Waals surface area contributed by atoms with E-state index in [0.717, 1.165) is 16.7 Å². The Bertz CT molecular complexity index is 622. The fourth-order valence-corrected chi connectivity index (χ4v) is 5.44. The molecular formula is C15H23NO3S. The number of nitrogens with two attached hydrogens (primary N) is 1. The van der Waals surface area contributed by atoms with Crippen molar-refractivity contribution in [3.05, 3.63) is 34.9 Å². The van der Waals surface area contributed by atoms with Crippen molar-refractivity contribution < 1.29 is 13.5 Å². The summed E-state index contributed by atoms with van der Waals surface area (Å²) in [6, 6.07) is 5.86. The van der Waals surface area contributed by atoms with Crippen LogP contribution < -0.4 is 5.73 Å². The average molecular weight is 297 g/mol. The number of hydrogen-bond donors (Lipinski definition) is 2. The van der Waals surface area contributed by atoms with Gasteiger partial charge < -0.3 is 10.8 Å². The average Bonchev–Trinajstić information content (AvgIpc) is 2.69. The Morgan fingerprint density at radius 1 is 1.40 bits per heavy atom. The molecule has 4 nitrogen and oxygen atoms in total. The van der Waals surface area contributed by atoms with E-state index in [9.17, 15) is 13.5 Å². The van der Waals surface area contributed by atoms with Crippen LogP contribution in [-0.4, -0.2) is 31.6 Å². The molecule has 20 heavy (non-hydrogen) atoms. The summed E-state index contributed by atoms with van der Waals surface area (Å²) in [4.78, 5) is 0. The Morgan fingerprint density at radius 2 is 2.05 bits per heavy atom. The van der Waals surface area contributed by atoms with Gasteiger partial charge >= 0.3 is 0 Å². The molecule has 1 saturated heterocycles. The smallest absolute Gasteiger partial charge is 0.151 e. The molecule has 0 aliphatic carbocycles. The lowest BCUT2D eigenvalue weighted by Gasteiger charge is -2.42. The fourth-order valence-electron chi connectivity index (χ4n) is 3.21. The topological polar surface area (TPSA) is 80.4 Å². The molecule has 0 radical (unpaired) electrons. The van der Waals surface area contributed by atoms with Crippen LogP contribution in [0, 0.1) is 19.3 Å². The zero-order valence-corrected chi connectivity index (χ0v) is 13.1. The third kappa shape index (κ3) is 2.38. The van der Waals surface area contributed by atoms with Crippen molar-refractivity contribution in [3.8, 4) is 0 Å². The zero-order chi connectivity index (χ0) is 15.2. The van der Waals surface area contributed by atoms with E-state index in [2.05, 4.69) is 0 Å². The Balaban J connectivity index is 2.55. The number of rotatable bonds is 3. The minimum absolute atomic E-state index is 0.0448. The molecule has 1 fully saturated rings. The van der Waals surface area contributed by atoms with Crippen LogP contribution in [-0.2, 0) is 15.4 Å². The van der Waals surface area contributed by atoms with Gasteiger partial charge in [0.1, 0.15) is 0 Å².